The Morgan fingerprint density at radius 3 is 2.43 bits per heavy atom. The van der Waals surface area contributed by atoms with Gasteiger partial charge in [0.15, 0.2) is 0 Å². The van der Waals surface area contributed by atoms with E-state index in [2.05, 4.69) is 0 Å². The number of allylic oxidation sites excluding steroid dienone is 1. The summed E-state index contributed by atoms with van der Waals surface area (Å²) in [6, 6.07) is 0. The molecule has 0 heterocycles. The van der Waals surface area contributed by atoms with E-state index in [4.69, 9.17) is 10.2 Å². The Balaban J connectivity index is 3.29. The second-order valence-corrected chi connectivity index (χ2v) is 1.26. The zero-order valence-corrected chi connectivity index (χ0v) is 4.39. The van der Waals surface area contributed by atoms with Gasteiger partial charge in [-0.25, -0.2) is 0 Å². The van der Waals surface area contributed by atoms with Crippen LogP contribution in [0.1, 0.15) is 13.3 Å². The summed E-state index contributed by atoms with van der Waals surface area (Å²) in [4.78, 5) is 0. The van der Waals surface area contributed by atoms with Crippen molar-refractivity contribution in [2.24, 2.45) is 0 Å². The summed E-state index contributed by atoms with van der Waals surface area (Å²) >= 11 is 0. The van der Waals surface area contributed by atoms with Crippen molar-refractivity contribution >= 4 is 0 Å². The average molecular weight is 102 g/mol. The number of rotatable bonds is 2. The van der Waals surface area contributed by atoms with Gasteiger partial charge in [0.25, 0.3) is 0 Å². The molecule has 2 N–H and O–H groups in total. The standard InChI is InChI=1S/C5H10O2/c1-2-3-5(7)4-6/h3,6-7H,2,4H2,1H3. The predicted molar refractivity (Wildman–Crippen MR) is 28.1 cm³/mol. The Kier molecular flexibility index (Phi) is 3.42. The van der Waals surface area contributed by atoms with Gasteiger partial charge in [0, 0.05) is 0 Å². The molecule has 0 aromatic carbocycles. The summed E-state index contributed by atoms with van der Waals surface area (Å²) in [5.41, 5.74) is 0. The third kappa shape index (κ3) is 3.33. The molecule has 0 atom stereocenters. The van der Waals surface area contributed by atoms with Crippen LogP contribution in [-0.2, 0) is 0 Å². The Morgan fingerprint density at radius 1 is 1.71 bits per heavy atom. The molecule has 0 bridgehead atoms. The highest BCUT2D eigenvalue weighted by Gasteiger charge is 1.81. The predicted octanol–water partition coefficient (Wildman–Crippen LogP) is 0.831. The first-order valence-corrected chi connectivity index (χ1v) is 2.30. The fraction of sp³-hybridized carbons (Fsp3) is 0.600. The molecule has 0 radical (unpaired) electrons. The second kappa shape index (κ2) is 3.68. The molecule has 0 rings (SSSR count). The van der Waals surface area contributed by atoms with Gasteiger partial charge in [-0.2, -0.15) is 0 Å². The molecular formula is C5H10O2. The van der Waals surface area contributed by atoms with E-state index in [0.717, 1.165) is 6.42 Å². The summed E-state index contributed by atoms with van der Waals surface area (Å²) in [5, 5.41) is 16.6. The molecule has 42 valence electrons. The lowest BCUT2D eigenvalue weighted by Gasteiger charge is -1.87. The van der Waals surface area contributed by atoms with E-state index < -0.39 is 0 Å². The molecule has 2 heteroatoms. The molecule has 0 unspecified atom stereocenters. The smallest absolute Gasteiger partial charge is 0.114 e. The second-order valence-electron chi connectivity index (χ2n) is 1.26. The van der Waals surface area contributed by atoms with Crippen molar-refractivity contribution in [2.75, 3.05) is 6.61 Å². The molecule has 0 spiro atoms. The third-order valence-electron chi connectivity index (χ3n) is 0.602. The monoisotopic (exact) mass is 102 g/mol. The van der Waals surface area contributed by atoms with Crippen LogP contribution in [-0.4, -0.2) is 16.8 Å². The summed E-state index contributed by atoms with van der Waals surface area (Å²) in [6.45, 7) is 1.65. The Bertz CT molecular complexity index is 66.5. The lowest BCUT2D eigenvalue weighted by Crippen LogP contribution is -1.85. The van der Waals surface area contributed by atoms with Crippen LogP contribution in [0.25, 0.3) is 0 Å². The first kappa shape index (κ1) is 6.50. The van der Waals surface area contributed by atoms with Gasteiger partial charge in [-0.05, 0) is 12.5 Å². The maximum atomic E-state index is 8.47. The maximum absolute atomic E-state index is 8.47. The zero-order valence-electron chi connectivity index (χ0n) is 4.39. The van der Waals surface area contributed by atoms with Gasteiger partial charge in [0.05, 0.1) is 6.61 Å². The van der Waals surface area contributed by atoms with Crippen LogP contribution in [0.15, 0.2) is 11.8 Å². The van der Waals surface area contributed by atoms with E-state index in [0.29, 0.717) is 0 Å². The largest absolute Gasteiger partial charge is 0.510 e. The van der Waals surface area contributed by atoms with Gasteiger partial charge in [-0.1, -0.05) is 6.92 Å². The van der Waals surface area contributed by atoms with Crippen molar-refractivity contribution in [1.82, 2.24) is 0 Å². The van der Waals surface area contributed by atoms with Gasteiger partial charge < -0.3 is 10.2 Å². The molecule has 0 aliphatic rings. The summed E-state index contributed by atoms with van der Waals surface area (Å²) in [7, 11) is 0. The van der Waals surface area contributed by atoms with Gasteiger partial charge in [-0.15, -0.1) is 0 Å². The number of aliphatic hydroxyl groups excluding tert-OH is 2. The molecule has 0 aromatic rings. The van der Waals surface area contributed by atoms with Crippen LogP contribution < -0.4 is 0 Å². The van der Waals surface area contributed by atoms with Gasteiger partial charge in [0.1, 0.15) is 5.76 Å². The molecule has 0 saturated carbocycles. The highest BCUT2D eigenvalue weighted by molar-refractivity contribution is 4.88. The van der Waals surface area contributed by atoms with Gasteiger partial charge >= 0.3 is 0 Å². The highest BCUT2D eigenvalue weighted by Crippen LogP contribution is 1.86. The molecule has 0 fully saturated rings. The van der Waals surface area contributed by atoms with Crippen LogP contribution >= 0.6 is 0 Å². The molecule has 0 aliphatic carbocycles. The minimum absolute atomic E-state index is 0.0579. The lowest BCUT2D eigenvalue weighted by molar-refractivity contribution is 0.252. The van der Waals surface area contributed by atoms with Crippen molar-refractivity contribution in [1.29, 1.82) is 0 Å². The van der Waals surface area contributed by atoms with Crippen LogP contribution in [0.2, 0.25) is 0 Å². The maximum Gasteiger partial charge on any atom is 0.114 e. The van der Waals surface area contributed by atoms with E-state index in [1.807, 2.05) is 6.92 Å². The first-order valence-electron chi connectivity index (χ1n) is 2.30. The molecule has 2 nitrogen and oxygen atoms in total. The number of hydrogen-bond donors (Lipinski definition) is 2. The van der Waals surface area contributed by atoms with Gasteiger partial charge in [0.2, 0.25) is 0 Å². The fourth-order valence-electron chi connectivity index (χ4n) is 0.300. The van der Waals surface area contributed by atoms with Gasteiger partial charge in [-0.3, -0.25) is 0 Å². The highest BCUT2D eigenvalue weighted by atomic mass is 16.3. The summed E-state index contributed by atoms with van der Waals surface area (Å²) in [6.07, 6.45) is 2.34. The zero-order chi connectivity index (χ0) is 5.70. The van der Waals surface area contributed by atoms with E-state index in [9.17, 15) is 0 Å². The topological polar surface area (TPSA) is 40.5 Å². The van der Waals surface area contributed by atoms with Crippen molar-refractivity contribution in [2.45, 2.75) is 13.3 Å². The van der Waals surface area contributed by atoms with E-state index in [1.165, 1.54) is 0 Å². The lowest BCUT2D eigenvalue weighted by atomic mass is 10.4. The van der Waals surface area contributed by atoms with E-state index in [-0.39, 0.29) is 12.4 Å². The summed E-state index contributed by atoms with van der Waals surface area (Å²) < 4.78 is 0. The van der Waals surface area contributed by atoms with Crippen LogP contribution in [0.3, 0.4) is 0 Å². The number of hydrogen-bond acceptors (Lipinski definition) is 2. The Morgan fingerprint density at radius 2 is 2.29 bits per heavy atom. The number of aliphatic hydroxyl groups is 2. The Labute approximate surface area is 43.1 Å². The third-order valence-corrected chi connectivity index (χ3v) is 0.602. The Hall–Kier alpha value is -0.500. The summed E-state index contributed by atoms with van der Waals surface area (Å²) in [5.74, 6) is 0.0579. The van der Waals surface area contributed by atoms with Crippen LogP contribution in [0.4, 0.5) is 0 Å². The molecule has 0 saturated heterocycles. The molecule has 0 aromatic heterocycles. The van der Waals surface area contributed by atoms with Crippen molar-refractivity contribution < 1.29 is 10.2 Å². The van der Waals surface area contributed by atoms with E-state index >= 15 is 0 Å². The van der Waals surface area contributed by atoms with Crippen LogP contribution in [0, 0.1) is 0 Å². The molecule has 7 heavy (non-hydrogen) atoms. The molecule has 0 aliphatic heterocycles. The SMILES string of the molecule is CCC=C(O)CO. The fourth-order valence-corrected chi connectivity index (χ4v) is 0.300. The van der Waals surface area contributed by atoms with Crippen molar-refractivity contribution in [3.8, 4) is 0 Å². The minimum Gasteiger partial charge on any atom is -0.510 e. The van der Waals surface area contributed by atoms with Crippen molar-refractivity contribution in [3.05, 3.63) is 11.8 Å². The van der Waals surface area contributed by atoms with Crippen molar-refractivity contribution in [3.63, 3.8) is 0 Å². The quantitative estimate of drug-likeness (QED) is 0.507. The normalized spacial score (nSPS) is 12.0. The molecular weight excluding hydrogens is 92.1 g/mol. The van der Waals surface area contributed by atoms with E-state index in [1.54, 1.807) is 6.08 Å². The molecule has 0 amide bonds. The average Bonchev–Trinajstić information content (AvgIpc) is 1.68. The van der Waals surface area contributed by atoms with Crippen LogP contribution in [0.5, 0.6) is 0 Å². The first-order chi connectivity index (χ1) is 3.31. The minimum atomic E-state index is -0.242.